The smallest absolute Gasteiger partial charge is 0.253 e. The fourth-order valence-corrected chi connectivity index (χ4v) is 2.97. The SMILES string of the molecule is CNC(=O)c1cc(Br)ccc1NCC(=O)Nc1cccc(C(=O)NC2CC2)c1. The standard InChI is InChI=1S/C20H21BrN4O3/c1-22-20(28)16-10-13(21)5-8-17(16)23-11-18(26)24-15-4-2-3-12(9-15)19(27)25-14-6-7-14/h2-5,8-10,14,23H,6-7,11H2,1H3,(H,22,28)(H,24,26)(H,25,27). The van der Waals surface area contributed by atoms with E-state index >= 15 is 0 Å². The van der Waals surface area contributed by atoms with Crippen LogP contribution in [0.2, 0.25) is 0 Å². The molecule has 1 saturated carbocycles. The summed E-state index contributed by atoms with van der Waals surface area (Å²) in [5.74, 6) is -0.675. The number of halogens is 1. The Morgan fingerprint density at radius 2 is 1.86 bits per heavy atom. The molecule has 0 aromatic heterocycles. The van der Waals surface area contributed by atoms with Crippen LogP contribution in [0, 0.1) is 0 Å². The van der Waals surface area contributed by atoms with Crippen molar-refractivity contribution in [1.82, 2.24) is 10.6 Å². The first kappa shape index (κ1) is 19.9. The van der Waals surface area contributed by atoms with E-state index in [9.17, 15) is 14.4 Å². The number of rotatable bonds is 7. The molecule has 146 valence electrons. The molecule has 1 fully saturated rings. The molecule has 3 amide bonds. The van der Waals surface area contributed by atoms with Crippen LogP contribution >= 0.6 is 15.9 Å². The highest BCUT2D eigenvalue weighted by molar-refractivity contribution is 9.10. The molecule has 0 aliphatic heterocycles. The minimum absolute atomic E-state index is 0.0237. The zero-order valence-corrected chi connectivity index (χ0v) is 16.9. The van der Waals surface area contributed by atoms with Crippen LogP contribution in [0.3, 0.4) is 0 Å². The van der Waals surface area contributed by atoms with Gasteiger partial charge in [0.05, 0.1) is 12.1 Å². The van der Waals surface area contributed by atoms with Crippen molar-refractivity contribution in [3.8, 4) is 0 Å². The quantitative estimate of drug-likeness (QED) is 0.527. The number of hydrogen-bond acceptors (Lipinski definition) is 4. The van der Waals surface area contributed by atoms with E-state index in [0.29, 0.717) is 22.5 Å². The average Bonchev–Trinajstić information content (AvgIpc) is 3.50. The first-order valence-electron chi connectivity index (χ1n) is 8.92. The summed E-state index contributed by atoms with van der Waals surface area (Å²) in [4.78, 5) is 36.4. The summed E-state index contributed by atoms with van der Waals surface area (Å²) in [7, 11) is 1.55. The van der Waals surface area contributed by atoms with Crippen molar-refractivity contribution in [1.29, 1.82) is 0 Å². The van der Waals surface area contributed by atoms with Gasteiger partial charge in [-0.25, -0.2) is 0 Å². The molecule has 0 spiro atoms. The van der Waals surface area contributed by atoms with E-state index in [1.807, 2.05) is 0 Å². The fourth-order valence-electron chi connectivity index (χ4n) is 2.61. The van der Waals surface area contributed by atoms with E-state index in [4.69, 9.17) is 0 Å². The molecule has 0 heterocycles. The summed E-state index contributed by atoms with van der Waals surface area (Å²) < 4.78 is 0.766. The minimum atomic E-state index is -0.287. The second-order valence-electron chi connectivity index (χ2n) is 6.50. The molecule has 8 heteroatoms. The third-order valence-electron chi connectivity index (χ3n) is 4.21. The molecule has 0 unspecified atom stereocenters. The summed E-state index contributed by atoms with van der Waals surface area (Å²) in [5.41, 5.74) is 2.03. The fraction of sp³-hybridized carbons (Fsp3) is 0.250. The average molecular weight is 445 g/mol. The van der Waals surface area contributed by atoms with E-state index in [1.54, 1.807) is 49.5 Å². The molecule has 28 heavy (non-hydrogen) atoms. The Bertz CT molecular complexity index is 912. The third-order valence-corrected chi connectivity index (χ3v) is 4.71. The Morgan fingerprint density at radius 3 is 2.57 bits per heavy atom. The van der Waals surface area contributed by atoms with Gasteiger partial charge in [-0.15, -0.1) is 0 Å². The Balaban J connectivity index is 1.60. The molecular formula is C20H21BrN4O3. The monoisotopic (exact) mass is 444 g/mol. The van der Waals surface area contributed by atoms with Gasteiger partial charge < -0.3 is 21.3 Å². The number of benzene rings is 2. The zero-order valence-electron chi connectivity index (χ0n) is 15.3. The van der Waals surface area contributed by atoms with Crippen molar-refractivity contribution in [2.75, 3.05) is 24.2 Å². The predicted molar refractivity (Wildman–Crippen MR) is 112 cm³/mol. The third kappa shape index (κ3) is 5.32. The topological polar surface area (TPSA) is 99.3 Å². The van der Waals surface area contributed by atoms with Crippen molar-refractivity contribution in [2.24, 2.45) is 0 Å². The number of carbonyl (C=O) groups is 3. The number of nitrogens with one attached hydrogen (secondary N) is 4. The van der Waals surface area contributed by atoms with Gasteiger partial charge >= 0.3 is 0 Å². The molecule has 7 nitrogen and oxygen atoms in total. The van der Waals surface area contributed by atoms with Crippen LogP contribution in [0.4, 0.5) is 11.4 Å². The number of amides is 3. The van der Waals surface area contributed by atoms with Gasteiger partial charge in [0.2, 0.25) is 5.91 Å². The molecule has 4 N–H and O–H groups in total. The summed E-state index contributed by atoms with van der Waals surface area (Å²) in [5, 5.41) is 11.2. The van der Waals surface area contributed by atoms with Gasteiger partial charge in [0.25, 0.3) is 11.8 Å². The lowest BCUT2D eigenvalue weighted by Gasteiger charge is -2.12. The van der Waals surface area contributed by atoms with Crippen LogP contribution in [0.1, 0.15) is 33.6 Å². The van der Waals surface area contributed by atoms with Crippen LogP contribution in [0.15, 0.2) is 46.9 Å². The van der Waals surface area contributed by atoms with Gasteiger partial charge in [-0.3, -0.25) is 14.4 Å². The largest absolute Gasteiger partial charge is 0.375 e. The van der Waals surface area contributed by atoms with Gasteiger partial charge in [-0.2, -0.15) is 0 Å². The summed E-state index contributed by atoms with van der Waals surface area (Å²) in [6, 6.07) is 12.3. The van der Waals surface area contributed by atoms with Gasteiger partial charge in [0.1, 0.15) is 0 Å². The Hall–Kier alpha value is -2.87. The lowest BCUT2D eigenvalue weighted by molar-refractivity contribution is -0.114. The normalized spacial score (nSPS) is 12.8. The van der Waals surface area contributed by atoms with E-state index in [1.165, 1.54) is 0 Å². The van der Waals surface area contributed by atoms with E-state index in [0.717, 1.165) is 17.3 Å². The molecule has 0 atom stereocenters. The molecule has 2 aromatic carbocycles. The van der Waals surface area contributed by atoms with E-state index in [2.05, 4.69) is 37.2 Å². The summed E-state index contributed by atoms with van der Waals surface area (Å²) in [6.45, 7) is -0.0237. The van der Waals surface area contributed by atoms with Crippen LogP contribution in [-0.2, 0) is 4.79 Å². The maximum absolute atomic E-state index is 12.3. The van der Waals surface area contributed by atoms with Crippen LogP contribution in [0.5, 0.6) is 0 Å². The first-order valence-corrected chi connectivity index (χ1v) is 9.72. The van der Waals surface area contributed by atoms with Gasteiger partial charge in [0, 0.05) is 34.5 Å². The Kier molecular flexibility index (Phi) is 6.30. The Labute approximate surface area is 171 Å². The lowest BCUT2D eigenvalue weighted by atomic mass is 10.1. The first-order chi connectivity index (χ1) is 13.5. The van der Waals surface area contributed by atoms with E-state index < -0.39 is 0 Å². The summed E-state index contributed by atoms with van der Waals surface area (Å²) >= 11 is 3.34. The lowest BCUT2D eigenvalue weighted by Crippen LogP contribution is -2.26. The minimum Gasteiger partial charge on any atom is -0.375 e. The maximum Gasteiger partial charge on any atom is 0.253 e. The van der Waals surface area contributed by atoms with Gasteiger partial charge in [-0.05, 0) is 49.2 Å². The highest BCUT2D eigenvalue weighted by Crippen LogP contribution is 2.21. The van der Waals surface area contributed by atoms with E-state index in [-0.39, 0.29) is 30.3 Å². The van der Waals surface area contributed by atoms with Crippen molar-refractivity contribution in [3.63, 3.8) is 0 Å². The van der Waals surface area contributed by atoms with Crippen molar-refractivity contribution < 1.29 is 14.4 Å². The predicted octanol–water partition coefficient (Wildman–Crippen LogP) is 2.75. The van der Waals surface area contributed by atoms with Crippen molar-refractivity contribution >= 4 is 45.0 Å². The second-order valence-corrected chi connectivity index (χ2v) is 7.41. The van der Waals surface area contributed by atoms with Crippen LogP contribution < -0.4 is 21.3 Å². The van der Waals surface area contributed by atoms with Crippen LogP contribution in [-0.4, -0.2) is 37.4 Å². The molecular weight excluding hydrogens is 424 g/mol. The van der Waals surface area contributed by atoms with Crippen LogP contribution in [0.25, 0.3) is 0 Å². The molecule has 0 radical (unpaired) electrons. The molecule has 2 aromatic rings. The van der Waals surface area contributed by atoms with Crippen molar-refractivity contribution in [2.45, 2.75) is 18.9 Å². The molecule has 1 aliphatic rings. The second kappa shape index (κ2) is 8.88. The maximum atomic E-state index is 12.3. The molecule has 0 bridgehead atoms. The number of anilines is 2. The molecule has 0 saturated heterocycles. The van der Waals surface area contributed by atoms with Gasteiger partial charge in [-0.1, -0.05) is 22.0 Å². The number of hydrogen-bond donors (Lipinski definition) is 4. The summed E-state index contributed by atoms with van der Waals surface area (Å²) in [6.07, 6.45) is 2.03. The Morgan fingerprint density at radius 1 is 1.07 bits per heavy atom. The van der Waals surface area contributed by atoms with Crippen molar-refractivity contribution in [3.05, 3.63) is 58.1 Å². The van der Waals surface area contributed by atoms with Gasteiger partial charge in [0.15, 0.2) is 0 Å². The molecule has 1 aliphatic carbocycles. The number of carbonyl (C=O) groups excluding carboxylic acids is 3. The highest BCUT2D eigenvalue weighted by atomic mass is 79.9. The zero-order chi connectivity index (χ0) is 20.1. The highest BCUT2D eigenvalue weighted by Gasteiger charge is 2.23. The molecule has 3 rings (SSSR count).